The van der Waals surface area contributed by atoms with Gasteiger partial charge in [-0.1, -0.05) is 0 Å². The van der Waals surface area contributed by atoms with Gasteiger partial charge in [0.2, 0.25) is 0 Å². The summed E-state index contributed by atoms with van der Waals surface area (Å²) < 4.78 is 0. The molecule has 0 fully saturated rings. The van der Waals surface area contributed by atoms with Gasteiger partial charge in [-0.05, 0) is 6.07 Å². The Hall–Kier alpha value is -2.19. The number of aliphatic carboxylic acids is 1. The lowest BCUT2D eigenvalue weighted by molar-refractivity contribution is -0.140. The number of pyridine rings is 1. The average molecular weight is 240 g/mol. The van der Waals surface area contributed by atoms with E-state index in [1.807, 2.05) is 0 Å². The molecule has 92 valence electrons. The highest BCUT2D eigenvalue weighted by Crippen LogP contribution is 2.11. The molecular weight excluding hydrogens is 228 g/mol. The number of hydrogen-bond donors (Lipinski definition) is 5. The van der Waals surface area contributed by atoms with Crippen molar-refractivity contribution in [3.8, 4) is 0 Å². The van der Waals surface area contributed by atoms with Crippen LogP contribution >= 0.6 is 0 Å². The molecule has 0 saturated carbocycles. The van der Waals surface area contributed by atoms with Crippen molar-refractivity contribution in [3.63, 3.8) is 0 Å². The molecule has 6 N–H and O–H groups in total. The zero-order valence-corrected chi connectivity index (χ0v) is 8.79. The quantitative estimate of drug-likeness (QED) is 0.457. The Morgan fingerprint density at radius 1 is 1.47 bits per heavy atom. The first-order valence-electron chi connectivity index (χ1n) is 4.60. The summed E-state index contributed by atoms with van der Waals surface area (Å²) in [6, 6.07) is 1.73. The maximum atomic E-state index is 9.12. The first-order valence-corrected chi connectivity index (χ1v) is 4.60. The largest absolute Gasteiger partial charge is 0.480 e. The van der Waals surface area contributed by atoms with E-state index in [4.69, 9.17) is 25.8 Å². The molecule has 2 aromatic rings. The molecule has 0 aliphatic rings. The number of imidazole rings is 1. The number of rotatable bonds is 2. The van der Waals surface area contributed by atoms with Crippen LogP contribution in [0.3, 0.4) is 0 Å². The minimum atomic E-state index is -1.19. The number of carboxylic acids is 1. The molecule has 0 unspecified atom stereocenters. The van der Waals surface area contributed by atoms with E-state index < -0.39 is 12.6 Å². The van der Waals surface area contributed by atoms with E-state index in [9.17, 15) is 0 Å². The van der Waals surface area contributed by atoms with Gasteiger partial charge >= 0.3 is 5.97 Å². The van der Waals surface area contributed by atoms with E-state index in [-0.39, 0.29) is 6.61 Å². The maximum absolute atomic E-state index is 9.12. The fourth-order valence-electron chi connectivity index (χ4n) is 1.04. The number of aromatic nitrogens is 3. The molecule has 0 spiro atoms. The van der Waals surface area contributed by atoms with Crippen molar-refractivity contribution in [1.29, 1.82) is 0 Å². The fourth-order valence-corrected chi connectivity index (χ4v) is 1.04. The summed E-state index contributed by atoms with van der Waals surface area (Å²) in [7, 11) is 0. The van der Waals surface area contributed by atoms with Gasteiger partial charge in [0.1, 0.15) is 19.0 Å². The van der Waals surface area contributed by atoms with Crippen LogP contribution in [0.1, 0.15) is 5.82 Å². The number of carboxylic acid groups (broad SMARTS) is 1. The van der Waals surface area contributed by atoms with Gasteiger partial charge in [0.05, 0.1) is 17.4 Å². The second kappa shape index (κ2) is 5.77. The van der Waals surface area contributed by atoms with Gasteiger partial charge in [0.25, 0.3) is 0 Å². The third kappa shape index (κ3) is 3.70. The highest BCUT2D eigenvalue weighted by molar-refractivity contribution is 5.73. The number of hydrogen-bond acceptors (Lipinski definition) is 6. The monoisotopic (exact) mass is 240 g/mol. The van der Waals surface area contributed by atoms with E-state index in [1.54, 1.807) is 6.07 Å². The van der Waals surface area contributed by atoms with Crippen LogP contribution in [0.15, 0.2) is 12.3 Å². The van der Waals surface area contributed by atoms with Crippen LogP contribution < -0.4 is 5.73 Å². The van der Waals surface area contributed by atoms with E-state index in [0.29, 0.717) is 17.2 Å². The van der Waals surface area contributed by atoms with Gasteiger partial charge in [0, 0.05) is 0 Å². The standard InChI is InChI=1S/C7H8N4O.C2H4O3/c8-4-1-5-7(9-2-4)11-6(3-12)10-5;3-1-2(4)5/h1-2,12H,3,8H2,(H,9,10,11);3H,1H2,(H,4,5). The van der Waals surface area contributed by atoms with Crippen molar-refractivity contribution in [2.45, 2.75) is 6.61 Å². The molecule has 0 saturated heterocycles. The van der Waals surface area contributed by atoms with Gasteiger partial charge in [-0.2, -0.15) is 0 Å². The number of nitrogen functional groups attached to an aromatic ring is 1. The molecule has 0 atom stereocenters. The van der Waals surface area contributed by atoms with Crippen molar-refractivity contribution in [2.24, 2.45) is 0 Å². The molecule has 0 amide bonds. The van der Waals surface area contributed by atoms with Crippen LogP contribution in [-0.4, -0.2) is 42.8 Å². The molecule has 0 aliphatic carbocycles. The third-order valence-corrected chi connectivity index (χ3v) is 1.69. The molecule has 0 aromatic carbocycles. The topological polar surface area (TPSA) is 145 Å². The minimum Gasteiger partial charge on any atom is -0.480 e. The lowest BCUT2D eigenvalue weighted by Gasteiger charge is -1.88. The number of anilines is 1. The number of nitrogens with one attached hydrogen (secondary N) is 1. The van der Waals surface area contributed by atoms with Crippen LogP contribution in [0.4, 0.5) is 5.69 Å². The molecule has 17 heavy (non-hydrogen) atoms. The second-order valence-corrected chi connectivity index (χ2v) is 3.03. The number of fused-ring (bicyclic) bond motifs is 1. The molecule has 0 bridgehead atoms. The first kappa shape index (κ1) is 12.9. The molecule has 0 aliphatic heterocycles. The van der Waals surface area contributed by atoms with E-state index in [1.165, 1.54) is 6.20 Å². The zero-order valence-electron chi connectivity index (χ0n) is 8.79. The number of carbonyl (C=O) groups is 1. The second-order valence-electron chi connectivity index (χ2n) is 3.03. The highest BCUT2D eigenvalue weighted by atomic mass is 16.4. The van der Waals surface area contributed by atoms with Crippen molar-refractivity contribution < 1.29 is 20.1 Å². The summed E-state index contributed by atoms with van der Waals surface area (Å²) in [6.45, 7) is -0.893. The van der Waals surface area contributed by atoms with Crippen LogP contribution in [0.2, 0.25) is 0 Å². The third-order valence-electron chi connectivity index (χ3n) is 1.69. The Bertz CT molecular complexity index is 511. The van der Waals surface area contributed by atoms with Crippen molar-refractivity contribution in [3.05, 3.63) is 18.1 Å². The molecule has 2 aromatic heterocycles. The number of H-pyrrole nitrogens is 1. The predicted molar refractivity (Wildman–Crippen MR) is 58.9 cm³/mol. The Morgan fingerprint density at radius 2 is 2.12 bits per heavy atom. The van der Waals surface area contributed by atoms with E-state index in [2.05, 4.69) is 15.0 Å². The normalized spacial score (nSPS) is 9.76. The molecular formula is C9H12N4O4. The molecule has 8 nitrogen and oxygen atoms in total. The Labute approximate surface area is 95.7 Å². The SMILES string of the molecule is Nc1cnc2nc(CO)[nH]c2c1.O=C(O)CO. The number of nitrogens with two attached hydrogens (primary N) is 1. The van der Waals surface area contributed by atoms with Gasteiger partial charge in [-0.15, -0.1) is 0 Å². The summed E-state index contributed by atoms with van der Waals surface area (Å²) >= 11 is 0. The minimum absolute atomic E-state index is 0.115. The van der Waals surface area contributed by atoms with Gasteiger partial charge in [-0.25, -0.2) is 14.8 Å². The van der Waals surface area contributed by atoms with Gasteiger partial charge in [0.15, 0.2) is 5.65 Å². The van der Waals surface area contributed by atoms with Gasteiger partial charge < -0.3 is 26.0 Å². The Balaban J connectivity index is 0.000000249. The highest BCUT2D eigenvalue weighted by Gasteiger charge is 2.01. The smallest absolute Gasteiger partial charge is 0.329 e. The maximum Gasteiger partial charge on any atom is 0.329 e. The summed E-state index contributed by atoms with van der Waals surface area (Å²) in [5.74, 6) is -0.687. The Morgan fingerprint density at radius 3 is 2.65 bits per heavy atom. The number of aliphatic hydroxyl groups is 2. The predicted octanol–water partition coefficient (Wildman–Crippen LogP) is -0.904. The Kier molecular flexibility index (Phi) is 4.37. The van der Waals surface area contributed by atoms with Crippen LogP contribution in [0.5, 0.6) is 0 Å². The van der Waals surface area contributed by atoms with Crippen molar-refractivity contribution >= 4 is 22.8 Å². The lowest BCUT2D eigenvalue weighted by atomic mass is 10.4. The van der Waals surface area contributed by atoms with E-state index >= 15 is 0 Å². The fraction of sp³-hybridized carbons (Fsp3) is 0.222. The van der Waals surface area contributed by atoms with Crippen LogP contribution in [0.25, 0.3) is 11.2 Å². The number of aliphatic hydroxyl groups excluding tert-OH is 2. The summed E-state index contributed by atoms with van der Waals surface area (Å²) in [6.07, 6.45) is 1.53. The first-order chi connectivity index (χ1) is 8.06. The summed E-state index contributed by atoms with van der Waals surface area (Å²) in [5, 5.41) is 23.8. The summed E-state index contributed by atoms with van der Waals surface area (Å²) in [5.41, 5.74) is 7.41. The number of nitrogens with zero attached hydrogens (tertiary/aromatic N) is 2. The zero-order chi connectivity index (χ0) is 12.8. The molecule has 2 heterocycles. The number of aromatic amines is 1. The molecule has 2 rings (SSSR count). The lowest BCUT2D eigenvalue weighted by Crippen LogP contribution is -1.98. The average Bonchev–Trinajstić information content (AvgIpc) is 2.71. The molecule has 0 radical (unpaired) electrons. The van der Waals surface area contributed by atoms with Crippen molar-refractivity contribution in [2.75, 3.05) is 12.3 Å². The summed E-state index contributed by atoms with van der Waals surface area (Å²) in [4.78, 5) is 20.0. The van der Waals surface area contributed by atoms with Crippen molar-refractivity contribution in [1.82, 2.24) is 15.0 Å². The van der Waals surface area contributed by atoms with E-state index in [0.717, 1.165) is 5.52 Å². The van der Waals surface area contributed by atoms with Crippen LogP contribution in [0, 0.1) is 0 Å². The van der Waals surface area contributed by atoms with Crippen LogP contribution in [-0.2, 0) is 11.4 Å². The van der Waals surface area contributed by atoms with Gasteiger partial charge in [-0.3, -0.25) is 0 Å². The molecule has 8 heteroatoms.